The molecule has 7 atom stereocenters. The van der Waals surface area contributed by atoms with Crippen LogP contribution >= 0.6 is 0 Å². The molecule has 4 aliphatic carbocycles. The van der Waals surface area contributed by atoms with Gasteiger partial charge < -0.3 is 4.74 Å². The van der Waals surface area contributed by atoms with Gasteiger partial charge in [-0.15, -0.1) is 0 Å². The van der Waals surface area contributed by atoms with Crippen molar-refractivity contribution >= 4 is 5.78 Å². The first kappa shape index (κ1) is 21.6. The van der Waals surface area contributed by atoms with Gasteiger partial charge in [-0.2, -0.15) is 0 Å². The molecule has 1 unspecified atom stereocenters. The minimum absolute atomic E-state index is 0.271. The van der Waals surface area contributed by atoms with Gasteiger partial charge in [0.2, 0.25) is 0 Å². The van der Waals surface area contributed by atoms with Gasteiger partial charge in [-0.05, 0) is 93.3 Å². The second-order valence-corrected chi connectivity index (χ2v) is 11.3. The molecule has 0 aromatic carbocycles. The molecular formula is C27H44O2. The average Bonchev–Trinajstić information content (AvgIpc) is 3.05. The molecule has 29 heavy (non-hydrogen) atoms. The summed E-state index contributed by atoms with van der Waals surface area (Å²) in [4.78, 5) is 12.3. The van der Waals surface area contributed by atoms with Crippen molar-refractivity contribution < 1.29 is 9.53 Å². The summed E-state index contributed by atoms with van der Waals surface area (Å²) in [5.74, 6) is 3.17. The number of carbonyl (C=O) groups excluding carboxylic acids is 1. The standard InChI is InChI=1S/C27H44O2/c1-5-6-7-8-17-29-21-13-15-26(3)20(18-21)9-10-22-24-12-11-23(19(2)28)27(24,4)16-14-25(22)26/h9,21-25H,5-8,10-18H2,1-4H3/t21?,22-,23+,24-,25-,26-,27+/m0/s1. The Kier molecular flexibility index (Phi) is 6.32. The van der Waals surface area contributed by atoms with Crippen LogP contribution in [-0.4, -0.2) is 18.5 Å². The number of allylic oxidation sites excluding steroid dienone is 1. The quantitative estimate of drug-likeness (QED) is 0.336. The van der Waals surface area contributed by atoms with Crippen LogP contribution in [0.3, 0.4) is 0 Å². The summed E-state index contributed by atoms with van der Waals surface area (Å²) < 4.78 is 6.31. The topological polar surface area (TPSA) is 26.3 Å². The maximum Gasteiger partial charge on any atom is 0.133 e. The van der Waals surface area contributed by atoms with Crippen molar-refractivity contribution in [3.05, 3.63) is 11.6 Å². The monoisotopic (exact) mass is 400 g/mol. The number of Topliss-reactive ketones (excluding diaryl/α,β-unsaturated/α-hetero) is 1. The normalized spacial score (nSPS) is 43.9. The van der Waals surface area contributed by atoms with Crippen molar-refractivity contribution in [3.63, 3.8) is 0 Å². The fraction of sp³-hybridized carbons (Fsp3) is 0.889. The van der Waals surface area contributed by atoms with E-state index >= 15 is 0 Å². The lowest BCUT2D eigenvalue weighted by atomic mass is 9.47. The first-order chi connectivity index (χ1) is 13.9. The number of hydrogen-bond donors (Lipinski definition) is 0. The predicted octanol–water partition coefficient (Wildman–Crippen LogP) is 7.12. The fourth-order valence-corrected chi connectivity index (χ4v) is 8.22. The van der Waals surface area contributed by atoms with Gasteiger partial charge in [0.25, 0.3) is 0 Å². The smallest absolute Gasteiger partial charge is 0.133 e. The average molecular weight is 401 g/mol. The number of fused-ring (bicyclic) bond motifs is 5. The van der Waals surface area contributed by atoms with Gasteiger partial charge in [0.05, 0.1) is 6.10 Å². The molecule has 164 valence electrons. The summed E-state index contributed by atoms with van der Waals surface area (Å²) in [6.45, 7) is 10.1. The Morgan fingerprint density at radius 2 is 1.90 bits per heavy atom. The Balaban J connectivity index is 1.42. The molecule has 0 aromatic rings. The third-order valence-corrected chi connectivity index (χ3v) is 9.90. The van der Waals surface area contributed by atoms with Gasteiger partial charge in [0.15, 0.2) is 0 Å². The Labute approximate surface area is 179 Å². The molecule has 3 fully saturated rings. The van der Waals surface area contributed by atoms with Crippen molar-refractivity contribution in [2.45, 2.75) is 111 Å². The highest BCUT2D eigenvalue weighted by Crippen LogP contribution is 2.66. The van der Waals surface area contributed by atoms with Crippen LogP contribution in [0.4, 0.5) is 0 Å². The largest absolute Gasteiger partial charge is 0.378 e. The van der Waals surface area contributed by atoms with Crippen LogP contribution in [0, 0.1) is 34.5 Å². The summed E-state index contributed by atoms with van der Waals surface area (Å²) in [5, 5.41) is 0. The van der Waals surface area contributed by atoms with Crippen molar-refractivity contribution in [3.8, 4) is 0 Å². The highest BCUT2D eigenvalue weighted by atomic mass is 16.5. The molecule has 0 aliphatic heterocycles. The van der Waals surface area contributed by atoms with Crippen LogP contribution in [0.2, 0.25) is 0 Å². The van der Waals surface area contributed by atoms with E-state index in [2.05, 4.69) is 26.8 Å². The Morgan fingerprint density at radius 3 is 2.66 bits per heavy atom. The van der Waals surface area contributed by atoms with Gasteiger partial charge in [-0.1, -0.05) is 51.7 Å². The molecule has 2 nitrogen and oxygen atoms in total. The third kappa shape index (κ3) is 3.77. The summed E-state index contributed by atoms with van der Waals surface area (Å²) in [5.41, 5.74) is 2.38. The Bertz CT molecular complexity index is 636. The molecule has 0 amide bonds. The van der Waals surface area contributed by atoms with E-state index in [1.54, 1.807) is 5.57 Å². The zero-order valence-corrected chi connectivity index (χ0v) is 19.5. The number of hydrogen-bond acceptors (Lipinski definition) is 2. The fourth-order valence-electron chi connectivity index (χ4n) is 8.22. The summed E-state index contributed by atoms with van der Waals surface area (Å²) in [7, 11) is 0. The molecule has 4 aliphatic rings. The highest BCUT2D eigenvalue weighted by molar-refractivity contribution is 5.79. The minimum Gasteiger partial charge on any atom is -0.378 e. The lowest BCUT2D eigenvalue weighted by Crippen LogP contribution is -2.51. The SMILES string of the molecule is CCCCCCOC1CC[C@@]2(C)C(=CC[C@H]3[C@@H]4CC[C@H](C(C)=O)[C@@]4(C)CC[C@@H]32)C1. The van der Waals surface area contributed by atoms with E-state index < -0.39 is 0 Å². The maximum atomic E-state index is 12.3. The van der Waals surface area contributed by atoms with E-state index in [9.17, 15) is 4.79 Å². The van der Waals surface area contributed by atoms with Gasteiger partial charge in [-0.25, -0.2) is 0 Å². The zero-order chi connectivity index (χ0) is 20.6. The molecule has 0 bridgehead atoms. The van der Waals surface area contributed by atoms with Crippen molar-refractivity contribution in [1.82, 2.24) is 0 Å². The van der Waals surface area contributed by atoms with Crippen LogP contribution in [-0.2, 0) is 9.53 Å². The molecule has 0 radical (unpaired) electrons. The first-order valence-corrected chi connectivity index (χ1v) is 12.7. The molecule has 0 saturated heterocycles. The second-order valence-electron chi connectivity index (χ2n) is 11.3. The van der Waals surface area contributed by atoms with Gasteiger partial charge in [-0.3, -0.25) is 4.79 Å². The van der Waals surface area contributed by atoms with Gasteiger partial charge >= 0.3 is 0 Å². The lowest BCUT2D eigenvalue weighted by molar-refractivity contribution is -0.127. The van der Waals surface area contributed by atoms with E-state index in [-0.39, 0.29) is 5.41 Å². The molecule has 0 aromatic heterocycles. The number of unbranched alkanes of at least 4 members (excludes halogenated alkanes) is 3. The number of ether oxygens (including phenoxy) is 1. The predicted molar refractivity (Wildman–Crippen MR) is 120 cm³/mol. The zero-order valence-electron chi connectivity index (χ0n) is 19.5. The Hall–Kier alpha value is -0.630. The lowest BCUT2D eigenvalue weighted by Gasteiger charge is -2.58. The molecular weight excluding hydrogens is 356 g/mol. The van der Waals surface area contributed by atoms with Gasteiger partial charge in [0.1, 0.15) is 5.78 Å². The summed E-state index contributed by atoms with van der Waals surface area (Å²) >= 11 is 0. The van der Waals surface area contributed by atoms with Gasteiger partial charge in [0, 0.05) is 12.5 Å². The summed E-state index contributed by atoms with van der Waals surface area (Å²) in [6, 6.07) is 0. The van der Waals surface area contributed by atoms with E-state index in [0.29, 0.717) is 23.2 Å². The third-order valence-electron chi connectivity index (χ3n) is 9.90. The second kappa shape index (κ2) is 8.48. The molecule has 3 saturated carbocycles. The summed E-state index contributed by atoms with van der Waals surface area (Å²) in [6.07, 6.45) is 18.2. The molecule has 2 heteroatoms. The minimum atomic E-state index is 0.271. The molecule has 0 spiro atoms. The van der Waals surface area contributed by atoms with E-state index in [4.69, 9.17) is 4.74 Å². The first-order valence-electron chi connectivity index (χ1n) is 12.7. The van der Waals surface area contributed by atoms with Crippen molar-refractivity contribution in [1.29, 1.82) is 0 Å². The van der Waals surface area contributed by atoms with Crippen molar-refractivity contribution in [2.75, 3.05) is 6.61 Å². The molecule has 4 rings (SSSR count). The van der Waals surface area contributed by atoms with E-state index in [1.807, 2.05) is 6.92 Å². The van der Waals surface area contributed by atoms with Crippen molar-refractivity contribution in [2.24, 2.45) is 34.5 Å². The maximum absolute atomic E-state index is 12.3. The van der Waals surface area contributed by atoms with Crippen LogP contribution in [0.25, 0.3) is 0 Å². The van der Waals surface area contributed by atoms with Crippen LogP contribution in [0.1, 0.15) is 105 Å². The Morgan fingerprint density at radius 1 is 1.07 bits per heavy atom. The van der Waals surface area contributed by atoms with Crippen LogP contribution in [0.15, 0.2) is 11.6 Å². The molecule has 0 N–H and O–H groups in total. The van der Waals surface area contributed by atoms with E-state index in [1.165, 1.54) is 70.6 Å². The molecule has 0 heterocycles. The number of ketones is 1. The highest BCUT2D eigenvalue weighted by Gasteiger charge is 2.59. The van der Waals surface area contributed by atoms with E-state index in [0.717, 1.165) is 30.8 Å². The number of carbonyl (C=O) groups is 1. The van der Waals surface area contributed by atoms with Crippen LogP contribution in [0.5, 0.6) is 0 Å². The number of rotatable bonds is 7. The van der Waals surface area contributed by atoms with Crippen LogP contribution < -0.4 is 0 Å².